The number of aryl methyl sites for hydroxylation is 1. The van der Waals surface area contributed by atoms with Crippen LogP contribution in [0.4, 0.5) is 0 Å². The molecule has 0 saturated carbocycles. The molecular weight excluding hydrogens is 422 g/mol. The van der Waals surface area contributed by atoms with E-state index < -0.39 is 5.60 Å². The number of likely N-dealkylation sites (tertiary alicyclic amines) is 1. The van der Waals surface area contributed by atoms with Crippen LogP contribution in [0, 0.1) is 0 Å². The second-order valence-electron chi connectivity index (χ2n) is 7.27. The summed E-state index contributed by atoms with van der Waals surface area (Å²) in [4.78, 5) is 26.8. The van der Waals surface area contributed by atoms with E-state index >= 15 is 0 Å². The Morgan fingerprint density at radius 3 is 2.71 bits per heavy atom. The predicted octanol–water partition coefficient (Wildman–Crippen LogP) is 4.08. The maximum atomic E-state index is 12.7. The number of halogens is 1. The number of amides is 1. The van der Waals surface area contributed by atoms with Gasteiger partial charge in [0.1, 0.15) is 11.4 Å². The van der Waals surface area contributed by atoms with Crippen LogP contribution in [0.5, 0.6) is 5.75 Å². The maximum Gasteiger partial charge on any atom is 0.339 e. The van der Waals surface area contributed by atoms with Gasteiger partial charge in [-0.2, -0.15) is 0 Å². The van der Waals surface area contributed by atoms with Gasteiger partial charge in [0, 0.05) is 42.4 Å². The van der Waals surface area contributed by atoms with E-state index in [-0.39, 0.29) is 11.9 Å². The highest BCUT2D eigenvalue weighted by atomic mass is 79.9. The van der Waals surface area contributed by atoms with Gasteiger partial charge in [-0.15, -0.1) is 0 Å². The topological polar surface area (TPSA) is 55.8 Å². The van der Waals surface area contributed by atoms with Crippen LogP contribution in [-0.2, 0) is 21.6 Å². The zero-order chi connectivity index (χ0) is 19.7. The van der Waals surface area contributed by atoms with E-state index in [2.05, 4.69) is 15.9 Å². The lowest BCUT2D eigenvalue weighted by Crippen LogP contribution is -2.45. The first-order valence-electron chi connectivity index (χ1n) is 9.45. The lowest BCUT2D eigenvalue weighted by Gasteiger charge is -2.38. The van der Waals surface area contributed by atoms with E-state index in [4.69, 9.17) is 9.47 Å². The summed E-state index contributed by atoms with van der Waals surface area (Å²) in [7, 11) is 1.64. The van der Waals surface area contributed by atoms with Crippen LogP contribution in [0.25, 0.3) is 0 Å². The smallest absolute Gasteiger partial charge is 0.339 e. The Balaban J connectivity index is 1.39. The Morgan fingerprint density at radius 1 is 1.21 bits per heavy atom. The lowest BCUT2D eigenvalue weighted by atomic mass is 9.83. The molecule has 146 valence electrons. The minimum absolute atomic E-state index is 0.120. The van der Waals surface area contributed by atoms with Crippen LogP contribution in [-0.4, -0.2) is 37.0 Å². The van der Waals surface area contributed by atoms with Crippen molar-refractivity contribution >= 4 is 27.8 Å². The van der Waals surface area contributed by atoms with Crippen molar-refractivity contribution in [1.82, 2.24) is 4.90 Å². The fourth-order valence-corrected chi connectivity index (χ4v) is 4.59. The summed E-state index contributed by atoms with van der Waals surface area (Å²) in [5.74, 6) is 0.662. The molecule has 1 fully saturated rings. The molecule has 28 heavy (non-hydrogen) atoms. The Hall–Kier alpha value is -2.34. The third-order valence-corrected chi connectivity index (χ3v) is 6.19. The van der Waals surface area contributed by atoms with Gasteiger partial charge in [0.05, 0.1) is 12.7 Å². The largest absolute Gasteiger partial charge is 0.496 e. The van der Waals surface area contributed by atoms with E-state index in [1.807, 2.05) is 47.4 Å². The number of hydrogen-bond donors (Lipinski definition) is 0. The summed E-state index contributed by atoms with van der Waals surface area (Å²) in [5.41, 5.74) is 2.06. The van der Waals surface area contributed by atoms with Crippen molar-refractivity contribution < 1.29 is 19.1 Å². The van der Waals surface area contributed by atoms with Crippen LogP contribution >= 0.6 is 15.9 Å². The van der Waals surface area contributed by atoms with Gasteiger partial charge in [-0.05, 0) is 36.2 Å². The summed E-state index contributed by atoms with van der Waals surface area (Å²) in [6.45, 7) is 1.19. The number of hydrogen-bond acceptors (Lipinski definition) is 4. The highest BCUT2D eigenvalue weighted by Crippen LogP contribution is 2.44. The van der Waals surface area contributed by atoms with Crippen molar-refractivity contribution in [3.8, 4) is 5.75 Å². The first-order chi connectivity index (χ1) is 13.5. The Kier molecular flexibility index (Phi) is 5.15. The monoisotopic (exact) mass is 443 g/mol. The van der Waals surface area contributed by atoms with Crippen LogP contribution < -0.4 is 4.74 Å². The quantitative estimate of drug-likeness (QED) is 0.667. The van der Waals surface area contributed by atoms with Crippen molar-refractivity contribution in [2.45, 2.75) is 31.3 Å². The van der Waals surface area contributed by atoms with Gasteiger partial charge >= 0.3 is 5.97 Å². The molecule has 1 saturated heterocycles. The molecule has 1 amide bonds. The van der Waals surface area contributed by atoms with E-state index in [0.29, 0.717) is 44.3 Å². The molecule has 2 heterocycles. The standard InChI is InChI=1S/C22H22BrNO4/c1-27-19-8-7-16(23)14-15(19)6-9-20(25)24-12-10-22(11-13-24)18-5-3-2-4-17(18)21(26)28-22/h2-5,7-8,14H,6,9-13H2,1H3. The molecule has 2 aromatic rings. The number of carbonyl (C=O) groups is 2. The summed E-state index contributed by atoms with van der Waals surface area (Å²) < 4.78 is 12.1. The molecule has 0 aromatic heterocycles. The van der Waals surface area contributed by atoms with Crippen molar-refractivity contribution in [2.24, 2.45) is 0 Å². The molecule has 0 atom stereocenters. The molecule has 0 radical (unpaired) electrons. The second kappa shape index (κ2) is 7.59. The molecule has 0 aliphatic carbocycles. The Bertz CT molecular complexity index is 919. The zero-order valence-electron chi connectivity index (χ0n) is 15.7. The van der Waals surface area contributed by atoms with E-state index in [1.54, 1.807) is 7.11 Å². The molecule has 2 aliphatic rings. The number of carbonyl (C=O) groups excluding carboxylic acids is 2. The average molecular weight is 444 g/mol. The molecular formula is C22H22BrNO4. The number of ether oxygens (including phenoxy) is 2. The van der Waals surface area contributed by atoms with Crippen LogP contribution in [0.3, 0.4) is 0 Å². The minimum Gasteiger partial charge on any atom is -0.496 e. The summed E-state index contributed by atoms with van der Waals surface area (Å²) in [6.07, 6.45) is 2.33. The molecule has 6 heteroatoms. The highest BCUT2D eigenvalue weighted by molar-refractivity contribution is 9.10. The maximum absolute atomic E-state index is 12.7. The zero-order valence-corrected chi connectivity index (χ0v) is 17.3. The number of nitrogens with zero attached hydrogens (tertiary/aromatic N) is 1. The van der Waals surface area contributed by atoms with Gasteiger partial charge in [0.25, 0.3) is 0 Å². The molecule has 0 bridgehead atoms. The SMILES string of the molecule is COc1ccc(Br)cc1CCC(=O)N1CCC2(CC1)OC(=O)c1ccccc12. The fourth-order valence-electron chi connectivity index (χ4n) is 4.18. The molecule has 5 nitrogen and oxygen atoms in total. The number of rotatable bonds is 4. The first kappa shape index (κ1) is 19.0. The van der Waals surface area contributed by atoms with Gasteiger partial charge in [-0.3, -0.25) is 4.79 Å². The normalized spacial score (nSPS) is 17.4. The third kappa shape index (κ3) is 3.41. The second-order valence-corrected chi connectivity index (χ2v) is 8.18. The van der Waals surface area contributed by atoms with Gasteiger partial charge < -0.3 is 14.4 Å². The predicted molar refractivity (Wildman–Crippen MR) is 108 cm³/mol. The van der Waals surface area contributed by atoms with Crippen molar-refractivity contribution in [1.29, 1.82) is 0 Å². The summed E-state index contributed by atoms with van der Waals surface area (Å²) in [5, 5.41) is 0. The van der Waals surface area contributed by atoms with Crippen molar-refractivity contribution in [3.05, 3.63) is 63.6 Å². The van der Waals surface area contributed by atoms with E-state index in [0.717, 1.165) is 21.3 Å². The van der Waals surface area contributed by atoms with Crippen LogP contribution in [0.2, 0.25) is 0 Å². The number of benzene rings is 2. The first-order valence-corrected chi connectivity index (χ1v) is 10.2. The third-order valence-electron chi connectivity index (χ3n) is 5.70. The lowest BCUT2D eigenvalue weighted by molar-refractivity contribution is -0.135. The van der Waals surface area contributed by atoms with Crippen LogP contribution in [0.15, 0.2) is 46.9 Å². The van der Waals surface area contributed by atoms with Gasteiger partial charge in [0.15, 0.2) is 0 Å². The average Bonchev–Trinajstić information content (AvgIpc) is 2.98. The molecule has 2 aliphatic heterocycles. The number of fused-ring (bicyclic) bond motifs is 2. The van der Waals surface area contributed by atoms with Gasteiger partial charge in [-0.1, -0.05) is 34.1 Å². The van der Waals surface area contributed by atoms with E-state index in [1.165, 1.54) is 0 Å². The highest BCUT2D eigenvalue weighted by Gasteiger charge is 2.47. The summed E-state index contributed by atoms with van der Waals surface area (Å²) in [6, 6.07) is 13.4. The Labute approximate surface area is 172 Å². The van der Waals surface area contributed by atoms with E-state index in [9.17, 15) is 9.59 Å². The van der Waals surface area contributed by atoms with Gasteiger partial charge in [0.2, 0.25) is 5.91 Å². The van der Waals surface area contributed by atoms with Crippen molar-refractivity contribution in [2.75, 3.05) is 20.2 Å². The number of piperidine rings is 1. The van der Waals surface area contributed by atoms with Crippen LogP contribution in [0.1, 0.15) is 40.7 Å². The fraction of sp³-hybridized carbons (Fsp3) is 0.364. The molecule has 0 N–H and O–H groups in total. The summed E-state index contributed by atoms with van der Waals surface area (Å²) >= 11 is 3.47. The Morgan fingerprint density at radius 2 is 1.96 bits per heavy atom. The molecule has 0 unspecified atom stereocenters. The molecule has 1 spiro atoms. The minimum atomic E-state index is -0.571. The molecule has 4 rings (SSSR count). The van der Waals surface area contributed by atoms with Gasteiger partial charge in [-0.25, -0.2) is 4.79 Å². The molecule has 2 aromatic carbocycles. The number of esters is 1. The van der Waals surface area contributed by atoms with Crippen molar-refractivity contribution in [3.63, 3.8) is 0 Å². The number of methoxy groups -OCH3 is 1.